The smallest absolute Gasteiger partial charge is 0.415 e. The van der Waals surface area contributed by atoms with Crippen LogP contribution in [0.1, 0.15) is 0 Å². The molecule has 0 radical (unpaired) electrons. The third-order valence-electron chi connectivity index (χ3n) is 5.59. The van der Waals surface area contributed by atoms with Gasteiger partial charge in [0.15, 0.2) is 0 Å². The maximum absolute atomic E-state index is 12.8. The Hall–Kier alpha value is -4.59. The number of benzene rings is 2. The van der Waals surface area contributed by atoms with Crippen LogP contribution in [-0.4, -0.2) is 29.3 Å². The maximum atomic E-state index is 12.8. The highest BCUT2D eigenvalue weighted by atomic mass is 32.2. The predicted molar refractivity (Wildman–Crippen MR) is 119 cm³/mol. The second-order valence-corrected chi connectivity index (χ2v) is 9.44. The standard InChI is InChI=1S/C21H14N4O9S/c1-23-17(26)12-9-14-15(10-13(12)18(23)27)20(29)24(19(14)28)7-8-33-16-21(25(30)34-22-16)35(31,32)11-5-3-2-4-6-11/h2-6,9-10H,7-8H2,1H3. The van der Waals surface area contributed by atoms with E-state index in [2.05, 4.69) is 9.79 Å². The molecule has 0 N–H and O–H groups in total. The quantitative estimate of drug-likeness (QED) is 0.264. The minimum Gasteiger partial charge on any atom is -0.453 e. The first-order valence-electron chi connectivity index (χ1n) is 10.0. The van der Waals surface area contributed by atoms with Crippen molar-refractivity contribution in [1.29, 1.82) is 0 Å². The van der Waals surface area contributed by atoms with Crippen molar-refractivity contribution in [3.63, 3.8) is 0 Å². The van der Waals surface area contributed by atoms with Gasteiger partial charge < -0.3 is 9.94 Å². The SMILES string of the molecule is Cn1c(=O)c2cc3c(=O)n(CCOc4no[n+]([O-])c4S(=O)(=O)c4ccccc4)c(=O)c3cc2c1=O. The summed E-state index contributed by atoms with van der Waals surface area (Å²) in [6.07, 6.45) is 0. The van der Waals surface area contributed by atoms with Crippen molar-refractivity contribution in [3.8, 4) is 5.88 Å². The Balaban J connectivity index is 1.47. The molecule has 5 rings (SSSR count). The molecule has 14 heteroatoms. The second kappa shape index (κ2) is 7.73. The molecule has 0 bridgehead atoms. The molecule has 0 aliphatic carbocycles. The highest BCUT2D eigenvalue weighted by Crippen LogP contribution is 2.24. The lowest BCUT2D eigenvalue weighted by molar-refractivity contribution is -0.832. The summed E-state index contributed by atoms with van der Waals surface area (Å²) in [4.78, 5) is 49.5. The first-order valence-corrected chi connectivity index (χ1v) is 11.5. The average molecular weight is 498 g/mol. The molecule has 0 amide bonds. The van der Waals surface area contributed by atoms with Gasteiger partial charge in [-0.1, -0.05) is 18.2 Å². The maximum Gasteiger partial charge on any atom is 0.415 e. The third kappa shape index (κ3) is 3.25. The molecule has 3 heterocycles. The number of hydrogen-bond acceptors (Lipinski definition) is 10. The number of nitrogens with zero attached hydrogens (tertiary/aromatic N) is 4. The predicted octanol–water partition coefficient (Wildman–Crippen LogP) is -1.02. The minimum absolute atomic E-state index is 0.0221. The Morgan fingerprint density at radius 2 is 1.49 bits per heavy atom. The van der Waals surface area contributed by atoms with Crippen LogP contribution in [0.2, 0.25) is 0 Å². The van der Waals surface area contributed by atoms with Crippen LogP contribution in [0, 0.1) is 5.21 Å². The summed E-state index contributed by atoms with van der Waals surface area (Å²) in [5.74, 6) is -0.640. The van der Waals surface area contributed by atoms with E-state index >= 15 is 0 Å². The van der Waals surface area contributed by atoms with E-state index in [1.54, 1.807) is 6.07 Å². The first-order chi connectivity index (χ1) is 16.6. The number of sulfone groups is 1. The number of rotatable bonds is 6. The minimum atomic E-state index is -4.34. The van der Waals surface area contributed by atoms with Gasteiger partial charge >= 0.3 is 10.9 Å². The largest absolute Gasteiger partial charge is 0.453 e. The molecular formula is C21H14N4O9S. The molecule has 0 saturated carbocycles. The summed E-state index contributed by atoms with van der Waals surface area (Å²) >= 11 is 0. The zero-order valence-corrected chi connectivity index (χ0v) is 18.6. The van der Waals surface area contributed by atoms with Crippen LogP contribution in [0.25, 0.3) is 21.5 Å². The van der Waals surface area contributed by atoms with Crippen LogP contribution in [0.3, 0.4) is 0 Å². The molecule has 3 aromatic heterocycles. The Morgan fingerprint density at radius 1 is 0.943 bits per heavy atom. The van der Waals surface area contributed by atoms with E-state index in [4.69, 9.17) is 4.74 Å². The van der Waals surface area contributed by atoms with Gasteiger partial charge in [-0.05, 0) is 29.2 Å². The van der Waals surface area contributed by atoms with E-state index in [0.717, 1.165) is 9.13 Å². The highest BCUT2D eigenvalue weighted by molar-refractivity contribution is 7.91. The molecule has 0 aliphatic rings. The van der Waals surface area contributed by atoms with Gasteiger partial charge in [0, 0.05) is 7.05 Å². The zero-order valence-electron chi connectivity index (χ0n) is 17.8. The first kappa shape index (κ1) is 22.2. The van der Waals surface area contributed by atoms with Crippen molar-refractivity contribution in [1.82, 2.24) is 14.3 Å². The second-order valence-electron chi connectivity index (χ2n) is 7.58. The molecule has 0 unspecified atom stereocenters. The monoisotopic (exact) mass is 498 g/mol. The van der Waals surface area contributed by atoms with Crippen molar-refractivity contribution in [3.05, 3.63) is 89.1 Å². The molecule has 5 aromatic rings. The van der Waals surface area contributed by atoms with E-state index in [1.165, 1.54) is 43.4 Å². The average Bonchev–Trinajstić information content (AvgIpc) is 3.41. The fourth-order valence-corrected chi connectivity index (χ4v) is 5.12. The van der Waals surface area contributed by atoms with Crippen LogP contribution in [0.15, 0.2) is 76.2 Å². The van der Waals surface area contributed by atoms with Crippen LogP contribution in [-0.2, 0) is 23.4 Å². The summed E-state index contributed by atoms with van der Waals surface area (Å²) in [6.45, 7) is -0.759. The van der Waals surface area contributed by atoms with Crippen molar-refractivity contribution in [2.75, 3.05) is 6.61 Å². The summed E-state index contributed by atoms with van der Waals surface area (Å²) in [7, 11) is -3.04. The molecule has 178 valence electrons. The summed E-state index contributed by atoms with van der Waals surface area (Å²) in [6, 6.07) is 9.48. The van der Waals surface area contributed by atoms with Gasteiger partial charge in [-0.3, -0.25) is 32.9 Å². The Bertz CT molecular complexity index is 1860. The lowest BCUT2D eigenvalue weighted by Crippen LogP contribution is -2.31. The van der Waals surface area contributed by atoms with Gasteiger partial charge in [0.05, 0.1) is 38.1 Å². The van der Waals surface area contributed by atoms with E-state index in [9.17, 15) is 32.8 Å². The summed E-state index contributed by atoms with van der Waals surface area (Å²) < 4.78 is 37.0. The molecule has 2 aromatic carbocycles. The zero-order chi connectivity index (χ0) is 25.1. The fraction of sp³-hybridized carbons (Fsp3) is 0.143. The van der Waals surface area contributed by atoms with Crippen molar-refractivity contribution >= 4 is 31.4 Å². The summed E-state index contributed by atoms with van der Waals surface area (Å²) in [5, 5.41) is 14.3. The number of aromatic nitrogens is 4. The van der Waals surface area contributed by atoms with E-state index in [0.29, 0.717) is 0 Å². The van der Waals surface area contributed by atoms with Crippen molar-refractivity contribution < 1.29 is 22.7 Å². The molecular weight excluding hydrogens is 484 g/mol. The lowest BCUT2D eigenvalue weighted by atomic mass is 10.1. The van der Waals surface area contributed by atoms with Gasteiger partial charge in [0.2, 0.25) is 0 Å². The van der Waals surface area contributed by atoms with Crippen molar-refractivity contribution in [2.45, 2.75) is 16.5 Å². The fourth-order valence-electron chi connectivity index (χ4n) is 3.82. The van der Waals surface area contributed by atoms with Gasteiger partial charge in [0.1, 0.15) is 6.61 Å². The number of fused-ring (bicyclic) bond motifs is 2. The highest BCUT2D eigenvalue weighted by Gasteiger charge is 2.35. The van der Waals surface area contributed by atoms with Gasteiger partial charge in [-0.25, -0.2) is 8.42 Å². The van der Waals surface area contributed by atoms with E-state index < -0.39 is 49.6 Å². The van der Waals surface area contributed by atoms with Crippen LogP contribution in [0.5, 0.6) is 5.88 Å². The Kier molecular flexibility index (Phi) is 4.91. The van der Waals surface area contributed by atoms with Crippen LogP contribution in [0.4, 0.5) is 0 Å². The van der Waals surface area contributed by atoms with Gasteiger partial charge in [-0.15, -0.1) is 0 Å². The van der Waals surface area contributed by atoms with E-state index in [-0.39, 0.29) is 37.9 Å². The molecule has 0 aliphatic heterocycles. The van der Waals surface area contributed by atoms with Gasteiger partial charge in [-0.2, -0.15) is 0 Å². The van der Waals surface area contributed by atoms with Gasteiger partial charge in [0.25, 0.3) is 32.1 Å². The summed E-state index contributed by atoms with van der Waals surface area (Å²) in [5.41, 5.74) is -2.61. The third-order valence-corrected chi connectivity index (χ3v) is 7.31. The molecule has 0 fully saturated rings. The number of ether oxygens (including phenoxy) is 1. The van der Waals surface area contributed by atoms with Crippen LogP contribution < -0.4 is 31.9 Å². The molecule has 13 nitrogen and oxygen atoms in total. The van der Waals surface area contributed by atoms with Crippen molar-refractivity contribution in [2.24, 2.45) is 7.05 Å². The van der Waals surface area contributed by atoms with Crippen LogP contribution >= 0.6 is 0 Å². The number of hydrogen-bond donors (Lipinski definition) is 0. The molecule has 35 heavy (non-hydrogen) atoms. The van der Waals surface area contributed by atoms with E-state index in [1.807, 2.05) is 0 Å². The molecule has 0 spiro atoms. The molecule has 0 atom stereocenters. The lowest BCUT2D eigenvalue weighted by Gasteiger charge is -2.03. The molecule has 0 saturated heterocycles. The Morgan fingerprint density at radius 3 is 2.06 bits per heavy atom. The topological polar surface area (TPSA) is 174 Å². The Labute approximate surface area is 193 Å². The normalized spacial score (nSPS) is 12.0.